The van der Waals surface area contributed by atoms with Crippen molar-refractivity contribution in [3.63, 3.8) is 0 Å². The van der Waals surface area contributed by atoms with Crippen LogP contribution >= 0.6 is 93.1 Å². The Hall–Kier alpha value is -2.17. The quantitative estimate of drug-likeness (QED) is 0.137. The number of aliphatic hydroxyl groups is 1. The van der Waals surface area contributed by atoms with Crippen LogP contribution in [-0.4, -0.2) is 26.2 Å². The number of carbonyl (C=O) groups is 1. The van der Waals surface area contributed by atoms with Crippen LogP contribution < -0.4 is 0 Å². The molecule has 0 bridgehead atoms. The summed E-state index contributed by atoms with van der Waals surface area (Å²) < 4.78 is 0. The molecule has 0 unspecified atom stereocenters. The number of aromatic amines is 2. The summed E-state index contributed by atoms with van der Waals surface area (Å²) in [6.45, 7) is -0.0435. The molecule has 0 atom stereocenters. The number of H-pyrrole nitrogens is 2. The van der Waals surface area contributed by atoms with E-state index >= 15 is 0 Å². The Morgan fingerprint density at radius 3 is 1.56 bits per heavy atom. The van der Waals surface area contributed by atoms with Crippen molar-refractivity contribution < 1.29 is 15.0 Å². The van der Waals surface area contributed by atoms with Gasteiger partial charge in [0.05, 0.1) is 16.7 Å². The van der Waals surface area contributed by atoms with Gasteiger partial charge in [-0.2, -0.15) is 0 Å². The lowest BCUT2D eigenvalue weighted by molar-refractivity contribution is 0.0691. The number of carboxylic acid groups (broad SMARTS) is 1. The molecule has 0 aliphatic heterocycles. The second-order valence-corrected chi connectivity index (χ2v) is 13.8. The van der Waals surface area contributed by atoms with Gasteiger partial charge in [-0.1, -0.05) is 93.1 Å². The summed E-state index contributed by atoms with van der Waals surface area (Å²) in [6.07, 6.45) is 0. The zero-order valence-corrected chi connectivity index (χ0v) is 27.7. The van der Waals surface area contributed by atoms with Gasteiger partial charge in [0.1, 0.15) is 5.69 Å². The molecular weight excluding hydrogens is 713 g/mol. The fourth-order valence-corrected chi connectivity index (χ4v) is 7.72. The average Bonchev–Trinajstić information content (AvgIpc) is 3.56. The third kappa shape index (κ3) is 7.74. The van der Waals surface area contributed by atoms with Crippen LogP contribution in [0.3, 0.4) is 0 Å². The van der Waals surface area contributed by atoms with Crippen molar-refractivity contribution in [1.82, 2.24) is 9.97 Å². The molecule has 4 aromatic carbocycles. The Labute approximate surface area is 284 Å². The van der Waals surface area contributed by atoms with Gasteiger partial charge in [-0.05, 0) is 72.8 Å². The van der Waals surface area contributed by atoms with Gasteiger partial charge < -0.3 is 20.2 Å². The smallest absolute Gasteiger partial charge is 0.352 e. The van der Waals surface area contributed by atoms with Crippen molar-refractivity contribution in [3.8, 4) is 0 Å². The third-order valence-corrected chi connectivity index (χ3v) is 10.0. The van der Waals surface area contributed by atoms with Crippen LogP contribution in [0.5, 0.6) is 0 Å². The van der Waals surface area contributed by atoms with E-state index in [0.717, 1.165) is 41.6 Å². The van der Waals surface area contributed by atoms with Crippen molar-refractivity contribution in [2.45, 2.75) is 26.2 Å². The second-order valence-electron chi connectivity index (χ2n) is 9.02. The first-order chi connectivity index (χ1) is 20.5. The van der Waals surface area contributed by atoms with E-state index in [4.69, 9.17) is 74.7 Å². The number of carboxylic acids is 1. The zero-order valence-electron chi connectivity index (χ0n) is 21.5. The summed E-state index contributed by atoms with van der Waals surface area (Å²) in [5.41, 5.74) is 2.41. The summed E-state index contributed by atoms with van der Waals surface area (Å²) in [7, 11) is 0. The highest BCUT2D eigenvalue weighted by molar-refractivity contribution is 8.00. The lowest BCUT2D eigenvalue weighted by Gasteiger charge is -2.06. The number of aromatic carboxylic acids is 1. The summed E-state index contributed by atoms with van der Waals surface area (Å²) >= 11 is 39.4. The van der Waals surface area contributed by atoms with Gasteiger partial charge >= 0.3 is 5.97 Å². The van der Waals surface area contributed by atoms with Crippen molar-refractivity contribution in [1.29, 1.82) is 0 Å². The SMILES string of the molecule is O=C(O)c1cc2c(Sc3ccc(Cl)cc3Cl)cc(Cl)cc2[nH]1.OCc1cc2c(Sc3ccc(Cl)cc3Cl)cc(Cl)cc2[nH]1. The Kier molecular flexibility index (Phi) is 10.4. The van der Waals surface area contributed by atoms with E-state index in [9.17, 15) is 9.90 Å². The van der Waals surface area contributed by atoms with E-state index < -0.39 is 5.97 Å². The minimum absolute atomic E-state index is 0.0435. The van der Waals surface area contributed by atoms with Crippen LogP contribution in [0.25, 0.3) is 21.8 Å². The summed E-state index contributed by atoms with van der Waals surface area (Å²) in [4.78, 5) is 20.6. The topological polar surface area (TPSA) is 89.1 Å². The lowest BCUT2D eigenvalue weighted by Crippen LogP contribution is -1.94. The second kappa shape index (κ2) is 13.9. The van der Waals surface area contributed by atoms with Crippen molar-refractivity contribution >= 4 is 121 Å². The van der Waals surface area contributed by atoms with E-state index in [-0.39, 0.29) is 12.3 Å². The molecule has 0 aliphatic carbocycles. The minimum atomic E-state index is -1.02. The predicted octanol–water partition coefficient (Wildman–Crippen LogP) is 11.7. The highest BCUT2D eigenvalue weighted by atomic mass is 35.5. The molecule has 4 N–H and O–H groups in total. The summed E-state index contributed by atoms with van der Waals surface area (Å²) in [5.74, 6) is -1.02. The third-order valence-electron chi connectivity index (χ3n) is 6.01. The Morgan fingerprint density at radius 1 is 0.605 bits per heavy atom. The van der Waals surface area contributed by atoms with Gasteiger partial charge in [0.2, 0.25) is 0 Å². The minimum Gasteiger partial charge on any atom is -0.477 e. The van der Waals surface area contributed by atoms with Crippen LogP contribution in [-0.2, 0) is 6.61 Å². The molecule has 0 fully saturated rings. The van der Waals surface area contributed by atoms with Crippen LogP contribution in [0.1, 0.15) is 16.2 Å². The van der Waals surface area contributed by atoms with E-state index in [2.05, 4.69) is 9.97 Å². The molecule has 43 heavy (non-hydrogen) atoms. The van der Waals surface area contributed by atoms with Gasteiger partial charge in [-0.3, -0.25) is 0 Å². The molecule has 2 aromatic heterocycles. The molecule has 0 radical (unpaired) electrons. The monoisotopic (exact) mass is 728 g/mol. The van der Waals surface area contributed by atoms with Crippen LogP contribution in [0.4, 0.5) is 0 Å². The Balaban J connectivity index is 0.000000171. The summed E-state index contributed by atoms with van der Waals surface area (Å²) in [5, 5.41) is 23.6. The van der Waals surface area contributed by atoms with Crippen molar-refractivity contribution in [3.05, 3.63) is 114 Å². The first-order valence-corrected chi connectivity index (χ1v) is 16.1. The molecule has 0 aliphatic rings. The molecule has 6 rings (SSSR count). The molecule has 0 saturated carbocycles. The van der Waals surface area contributed by atoms with Crippen LogP contribution in [0.2, 0.25) is 30.1 Å². The van der Waals surface area contributed by atoms with E-state index in [1.54, 1.807) is 42.5 Å². The van der Waals surface area contributed by atoms with E-state index in [0.29, 0.717) is 35.7 Å². The van der Waals surface area contributed by atoms with Gasteiger partial charge in [-0.25, -0.2) is 4.79 Å². The zero-order chi connectivity index (χ0) is 30.8. The number of aromatic nitrogens is 2. The number of aliphatic hydroxyl groups excluding tert-OH is 1. The van der Waals surface area contributed by atoms with Gasteiger partial charge in [0, 0.05) is 67.2 Å². The molecule has 5 nitrogen and oxygen atoms in total. The molecule has 0 amide bonds. The largest absolute Gasteiger partial charge is 0.477 e. The number of benzene rings is 4. The van der Waals surface area contributed by atoms with E-state index in [1.165, 1.54) is 23.5 Å². The van der Waals surface area contributed by atoms with Crippen LogP contribution in [0.15, 0.2) is 92.4 Å². The molecule has 2 heterocycles. The van der Waals surface area contributed by atoms with Crippen LogP contribution in [0, 0.1) is 0 Å². The van der Waals surface area contributed by atoms with Gasteiger partial charge in [-0.15, -0.1) is 0 Å². The number of halogens is 6. The highest BCUT2D eigenvalue weighted by Gasteiger charge is 2.14. The number of fused-ring (bicyclic) bond motifs is 2. The maximum Gasteiger partial charge on any atom is 0.352 e. The molecule has 0 saturated heterocycles. The fourth-order valence-electron chi connectivity index (χ4n) is 4.12. The number of rotatable bonds is 6. The van der Waals surface area contributed by atoms with E-state index in [1.807, 2.05) is 30.3 Å². The average molecular weight is 731 g/mol. The number of nitrogens with one attached hydrogen (secondary N) is 2. The lowest BCUT2D eigenvalue weighted by atomic mass is 10.2. The highest BCUT2D eigenvalue weighted by Crippen LogP contribution is 2.41. The molecule has 0 spiro atoms. The Morgan fingerprint density at radius 2 is 1.09 bits per heavy atom. The fraction of sp³-hybridized carbons (Fsp3) is 0.0333. The van der Waals surface area contributed by atoms with Gasteiger partial charge in [0.15, 0.2) is 0 Å². The normalized spacial score (nSPS) is 11.1. The predicted molar refractivity (Wildman–Crippen MR) is 181 cm³/mol. The number of hydrogen-bond donors (Lipinski definition) is 4. The van der Waals surface area contributed by atoms with Crippen molar-refractivity contribution in [2.75, 3.05) is 0 Å². The first kappa shape index (κ1) is 32.2. The summed E-state index contributed by atoms with van der Waals surface area (Å²) in [6, 6.07) is 21.3. The maximum atomic E-state index is 11.1. The number of hydrogen-bond acceptors (Lipinski definition) is 4. The van der Waals surface area contributed by atoms with Gasteiger partial charge in [0.25, 0.3) is 0 Å². The van der Waals surface area contributed by atoms with Crippen molar-refractivity contribution in [2.24, 2.45) is 0 Å². The standard InChI is InChI=1S/C15H8Cl3NO2S.C15H10Cl3NOS/c16-7-1-2-13(10(18)3-7)22-14-5-8(17)4-11-9(14)6-12(19-11)15(20)21;16-8-1-2-14(12(18)3-8)21-15-5-9(17)4-13-11(15)6-10(7-20)19-13/h1-6,19H,(H,20,21);1-6,19-20H,7H2. The molecule has 220 valence electrons. The first-order valence-electron chi connectivity index (χ1n) is 12.2. The Bertz CT molecular complexity index is 1990. The molecule has 6 aromatic rings. The molecular formula is C30H18Cl6N2O3S2. The molecule has 13 heteroatoms. The maximum absolute atomic E-state index is 11.1.